The summed E-state index contributed by atoms with van der Waals surface area (Å²) >= 11 is 0. The lowest BCUT2D eigenvalue weighted by Crippen LogP contribution is -2.44. The smallest absolute Gasteiger partial charge is 0.328 e. The van der Waals surface area contributed by atoms with Crippen molar-refractivity contribution in [1.82, 2.24) is 14.5 Å². The summed E-state index contributed by atoms with van der Waals surface area (Å²) in [6.45, 7) is 4.99. The van der Waals surface area contributed by atoms with Gasteiger partial charge >= 0.3 is 11.7 Å². The molecule has 0 saturated heterocycles. The van der Waals surface area contributed by atoms with Crippen molar-refractivity contribution in [2.75, 3.05) is 13.2 Å². The molecule has 0 fully saturated rings. The van der Waals surface area contributed by atoms with E-state index >= 15 is 0 Å². The molecule has 1 N–H and O–H groups in total. The number of carbonyl (C=O) groups is 2. The molecule has 0 spiro atoms. The van der Waals surface area contributed by atoms with E-state index in [1.807, 2.05) is 0 Å². The number of nitrogens with one attached hydrogen (secondary N) is 1. The van der Waals surface area contributed by atoms with Gasteiger partial charge in [-0.15, -0.1) is 0 Å². The van der Waals surface area contributed by atoms with Crippen LogP contribution in [-0.4, -0.2) is 45.5 Å². The van der Waals surface area contributed by atoms with Gasteiger partial charge in [-0.25, -0.2) is 4.79 Å². The summed E-state index contributed by atoms with van der Waals surface area (Å²) in [5.41, 5.74) is -1.20. The third-order valence-corrected chi connectivity index (χ3v) is 2.75. The number of esters is 1. The lowest BCUT2D eigenvalue weighted by Gasteiger charge is -2.25. The Bertz CT molecular complexity index is 617. The third-order valence-electron chi connectivity index (χ3n) is 2.75. The number of carbonyl (C=O) groups excluding carboxylic acids is 2. The molecule has 8 nitrogen and oxygen atoms in total. The summed E-state index contributed by atoms with van der Waals surface area (Å²) in [4.78, 5) is 49.6. The monoisotopic (exact) mass is 297 g/mol. The van der Waals surface area contributed by atoms with Crippen LogP contribution < -0.4 is 11.2 Å². The summed E-state index contributed by atoms with van der Waals surface area (Å²) in [6.07, 6.45) is 1.24. The molecule has 0 atom stereocenters. The number of hydrogen-bond donors (Lipinski definition) is 1. The van der Waals surface area contributed by atoms with Gasteiger partial charge in [0.05, 0.1) is 6.61 Å². The molecule has 8 heteroatoms. The van der Waals surface area contributed by atoms with Crippen LogP contribution >= 0.6 is 0 Å². The Morgan fingerprint density at radius 2 is 2.05 bits per heavy atom. The normalized spacial score (nSPS) is 10.5. The Morgan fingerprint density at radius 3 is 2.57 bits per heavy atom. The maximum atomic E-state index is 12.2. The topological polar surface area (TPSA) is 101 Å². The van der Waals surface area contributed by atoms with Gasteiger partial charge in [0.1, 0.15) is 13.1 Å². The second-order valence-corrected chi connectivity index (χ2v) is 4.66. The Hall–Kier alpha value is -2.38. The van der Waals surface area contributed by atoms with E-state index in [9.17, 15) is 19.2 Å². The zero-order valence-electron chi connectivity index (χ0n) is 12.3. The van der Waals surface area contributed by atoms with E-state index < -0.39 is 23.1 Å². The first-order valence-electron chi connectivity index (χ1n) is 6.60. The Balaban J connectivity index is 2.84. The number of ether oxygens (including phenoxy) is 1. The van der Waals surface area contributed by atoms with Gasteiger partial charge in [0.15, 0.2) is 0 Å². The molecular formula is C13H19N3O5. The zero-order valence-corrected chi connectivity index (χ0v) is 12.3. The van der Waals surface area contributed by atoms with E-state index in [-0.39, 0.29) is 25.7 Å². The van der Waals surface area contributed by atoms with Crippen LogP contribution in [0, 0.1) is 0 Å². The van der Waals surface area contributed by atoms with Crippen LogP contribution in [0.15, 0.2) is 21.9 Å². The van der Waals surface area contributed by atoms with Crippen molar-refractivity contribution < 1.29 is 14.3 Å². The van der Waals surface area contributed by atoms with Crippen LogP contribution in [0.2, 0.25) is 0 Å². The highest BCUT2D eigenvalue weighted by molar-refractivity contribution is 5.82. The number of hydrogen-bond acceptors (Lipinski definition) is 5. The summed E-state index contributed by atoms with van der Waals surface area (Å²) in [5, 5.41) is 0. The summed E-state index contributed by atoms with van der Waals surface area (Å²) in [6, 6.07) is 0.931. The van der Waals surface area contributed by atoms with E-state index in [1.54, 1.807) is 20.8 Å². The van der Waals surface area contributed by atoms with Crippen molar-refractivity contribution in [3.8, 4) is 0 Å². The Labute approximate surface area is 121 Å². The Kier molecular flexibility index (Phi) is 5.89. The molecule has 0 aromatic carbocycles. The molecule has 0 aliphatic carbocycles. The molecule has 1 heterocycles. The number of H-pyrrole nitrogens is 1. The maximum Gasteiger partial charge on any atom is 0.328 e. The van der Waals surface area contributed by atoms with Crippen LogP contribution in [0.1, 0.15) is 20.8 Å². The first kappa shape index (κ1) is 16.7. The minimum absolute atomic E-state index is 0.178. The number of aromatic amines is 1. The molecule has 0 unspecified atom stereocenters. The molecule has 1 rings (SSSR count). The van der Waals surface area contributed by atoms with Crippen LogP contribution in [-0.2, 0) is 20.9 Å². The summed E-state index contributed by atoms with van der Waals surface area (Å²) in [5.74, 6) is -0.916. The predicted octanol–water partition coefficient (Wildman–Crippen LogP) is -0.663. The van der Waals surface area contributed by atoms with E-state index in [0.29, 0.717) is 0 Å². The molecule has 1 aromatic heterocycles. The first-order valence-corrected chi connectivity index (χ1v) is 6.60. The van der Waals surface area contributed by atoms with Gasteiger partial charge in [-0.2, -0.15) is 0 Å². The van der Waals surface area contributed by atoms with Crippen LogP contribution in [0.5, 0.6) is 0 Å². The molecule has 1 aromatic rings. The number of nitrogens with zero attached hydrogens (tertiary/aromatic N) is 2. The van der Waals surface area contributed by atoms with Crippen molar-refractivity contribution in [3.63, 3.8) is 0 Å². The fraction of sp³-hybridized carbons (Fsp3) is 0.538. The maximum absolute atomic E-state index is 12.2. The average molecular weight is 297 g/mol. The second kappa shape index (κ2) is 7.41. The van der Waals surface area contributed by atoms with Gasteiger partial charge in [-0.05, 0) is 20.8 Å². The Morgan fingerprint density at radius 1 is 1.38 bits per heavy atom. The van der Waals surface area contributed by atoms with Gasteiger partial charge in [0, 0.05) is 18.3 Å². The van der Waals surface area contributed by atoms with Gasteiger partial charge in [-0.3, -0.25) is 23.9 Å². The van der Waals surface area contributed by atoms with Crippen LogP contribution in [0.3, 0.4) is 0 Å². The first-order chi connectivity index (χ1) is 9.85. The molecule has 0 bridgehead atoms. The number of aromatic nitrogens is 2. The molecule has 116 valence electrons. The largest absolute Gasteiger partial charge is 0.465 e. The standard InChI is InChI=1S/C13H19N3O5/c1-4-21-12(19)8-16(9(2)3)11(18)7-15-6-5-10(17)14-13(15)20/h5-6,9H,4,7-8H2,1-3H3,(H,14,17,20). The van der Waals surface area contributed by atoms with E-state index in [2.05, 4.69) is 4.98 Å². The zero-order chi connectivity index (χ0) is 16.0. The van der Waals surface area contributed by atoms with Gasteiger partial charge in [-0.1, -0.05) is 0 Å². The molecule has 21 heavy (non-hydrogen) atoms. The molecule has 0 aliphatic heterocycles. The molecule has 0 aliphatic rings. The van der Waals surface area contributed by atoms with Crippen molar-refractivity contribution >= 4 is 11.9 Å². The molecule has 1 amide bonds. The van der Waals surface area contributed by atoms with Crippen molar-refractivity contribution in [1.29, 1.82) is 0 Å². The second-order valence-electron chi connectivity index (χ2n) is 4.66. The summed E-state index contributed by atoms with van der Waals surface area (Å²) < 4.78 is 5.89. The van der Waals surface area contributed by atoms with Crippen molar-refractivity contribution in [2.45, 2.75) is 33.4 Å². The summed E-state index contributed by atoms with van der Waals surface area (Å²) in [7, 11) is 0. The van der Waals surface area contributed by atoms with E-state index in [1.165, 1.54) is 11.1 Å². The average Bonchev–Trinajstić information content (AvgIpc) is 2.39. The quantitative estimate of drug-likeness (QED) is 0.702. The highest BCUT2D eigenvalue weighted by Crippen LogP contribution is 2.01. The van der Waals surface area contributed by atoms with Crippen molar-refractivity contribution in [3.05, 3.63) is 33.1 Å². The minimum atomic E-state index is -0.671. The third kappa shape index (κ3) is 4.90. The number of amides is 1. The van der Waals surface area contributed by atoms with Gasteiger partial charge in [0.2, 0.25) is 5.91 Å². The number of rotatable bonds is 6. The lowest BCUT2D eigenvalue weighted by molar-refractivity contribution is -0.150. The van der Waals surface area contributed by atoms with E-state index in [4.69, 9.17) is 4.74 Å². The fourth-order valence-corrected chi connectivity index (χ4v) is 1.71. The van der Waals surface area contributed by atoms with Gasteiger partial charge in [0.25, 0.3) is 5.56 Å². The SMILES string of the molecule is CCOC(=O)CN(C(=O)Cn1ccc(=O)[nH]c1=O)C(C)C. The highest BCUT2D eigenvalue weighted by Gasteiger charge is 2.21. The molecule has 0 saturated carbocycles. The van der Waals surface area contributed by atoms with E-state index in [0.717, 1.165) is 10.6 Å². The fourth-order valence-electron chi connectivity index (χ4n) is 1.71. The lowest BCUT2D eigenvalue weighted by atomic mass is 10.3. The van der Waals surface area contributed by atoms with Gasteiger partial charge < -0.3 is 9.64 Å². The molecule has 0 radical (unpaired) electrons. The minimum Gasteiger partial charge on any atom is -0.465 e. The predicted molar refractivity (Wildman–Crippen MR) is 74.8 cm³/mol. The molecular weight excluding hydrogens is 278 g/mol. The van der Waals surface area contributed by atoms with Crippen LogP contribution in [0.4, 0.5) is 0 Å². The van der Waals surface area contributed by atoms with Crippen LogP contribution in [0.25, 0.3) is 0 Å². The highest BCUT2D eigenvalue weighted by atomic mass is 16.5. The van der Waals surface area contributed by atoms with Crippen molar-refractivity contribution in [2.24, 2.45) is 0 Å².